The van der Waals surface area contributed by atoms with E-state index in [1.165, 1.54) is 12.1 Å². The first-order valence-electron chi connectivity index (χ1n) is 7.06. The maximum Gasteiger partial charge on any atom is 0.128 e. The molecule has 3 rings (SSSR count). The molecule has 2 aliphatic rings. The molecule has 1 N–H and O–H groups in total. The van der Waals surface area contributed by atoms with Crippen LogP contribution in [0.15, 0.2) is 18.2 Å². The SMILES string of the molecule is CC1(C)CCC2(CC1)C[C@@H](O)c1ccc(F)cc1O2. The summed E-state index contributed by atoms with van der Waals surface area (Å²) in [7, 11) is 0. The Balaban J connectivity index is 1.88. The summed E-state index contributed by atoms with van der Waals surface area (Å²) in [5.74, 6) is 0.220. The van der Waals surface area contributed by atoms with Crippen LogP contribution in [0.5, 0.6) is 5.75 Å². The number of halogens is 1. The summed E-state index contributed by atoms with van der Waals surface area (Å²) < 4.78 is 19.4. The minimum Gasteiger partial charge on any atom is -0.487 e. The van der Waals surface area contributed by atoms with Crippen molar-refractivity contribution in [3.63, 3.8) is 0 Å². The topological polar surface area (TPSA) is 29.5 Å². The molecule has 1 spiro atoms. The lowest BCUT2D eigenvalue weighted by molar-refractivity contribution is -0.0578. The molecule has 19 heavy (non-hydrogen) atoms. The van der Waals surface area contributed by atoms with Gasteiger partial charge in [-0.15, -0.1) is 0 Å². The lowest BCUT2D eigenvalue weighted by Gasteiger charge is -2.47. The summed E-state index contributed by atoms with van der Waals surface area (Å²) in [6.45, 7) is 4.54. The van der Waals surface area contributed by atoms with E-state index < -0.39 is 6.10 Å². The first-order valence-corrected chi connectivity index (χ1v) is 7.06. The summed E-state index contributed by atoms with van der Waals surface area (Å²) >= 11 is 0. The summed E-state index contributed by atoms with van der Waals surface area (Å²) in [5.41, 5.74) is 0.772. The van der Waals surface area contributed by atoms with Crippen LogP contribution in [0, 0.1) is 11.2 Å². The van der Waals surface area contributed by atoms with Gasteiger partial charge in [0.05, 0.1) is 6.10 Å². The monoisotopic (exact) mass is 264 g/mol. The number of hydrogen-bond donors (Lipinski definition) is 1. The van der Waals surface area contributed by atoms with Crippen LogP contribution in [0.1, 0.15) is 57.6 Å². The van der Waals surface area contributed by atoms with Crippen LogP contribution in [0.2, 0.25) is 0 Å². The van der Waals surface area contributed by atoms with Crippen LogP contribution >= 0.6 is 0 Å². The lowest BCUT2D eigenvalue weighted by atomic mass is 9.68. The number of ether oxygens (including phenoxy) is 1. The highest BCUT2D eigenvalue weighted by Gasteiger charge is 2.44. The van der Waals surface area contributed by atoms with Crippen molar-refractivity contribution in [2.24, 2.45) is 5.41 Å². The third-order valence-electron chi connectivity index (χ3n) is 4.74. The average molecular weight is 264 g/mol. The highest BCUT2D eigenvalue weighted by molar-refractivity contribution is 5.38. The molecule has 0 saturated heterocycles. The van der Waals surface area contributed by atoms with Crippen LogP contribution < -0.4 is 4.74 Å². The van der Waals surface area contributed by atoms with Crippen LogP contribution in [0.25, 0.3) is 0 Å². The van der Waals surface area contributed by atoms with Gasteiger partial charge in [0, 0.05) is 18.1 Å². The maximum absolute atomic E-state index is 13.3. The quantitative estimate of drug-likeness (QED) is 0.768. The van der Waals surface area contributed by atoms with Crippen molar-refractivity contribution in [3.8, 4) is 5.75 Å². The largest absolute Gasteiger partial charge is 0.487 e. The molecule has 1 saturated carbocycles. The van der Waals surface area contributed by atoms with Gasteiger partial charge < -0.3 is 9.84 Å². The van der Waals surface area contributed by atoms with Crippen LogP contribution in [0.4, 0.5) is 4.39 Å². The minimum atomic E-state index is -0.537. The zero-order chi connectivity index (χ0) is 13.7. The third kappa shape index (κ3) is 2.36. The molecule has 1 aromatic rings. The van der Waals surface area contributed by atoms with E-state index in [1.807, 2.05) is 0 Å². The zero-order valence-corrected chi connectivity index (χ0v) is 11.6. The fraction of sp³-hybridized carbons (Fsp3) is 0.625. The summed E-state index contributed by atoms with van der Waals surface area (Å²) in [6.07, 6.45) is 4.14. The van der Waals surface area contributed by atoms with E-state index in [0.717, 1.165) is 31.2 Å². The molecule has 3 heteroatoms. The molecule has 1 fully saturated rings. The number of fused-ring (bicyclic) bond motifs is 1. The first-order chi connectivity index (χ1) is 8.89. The molecule has 1 atom stereocenters. The molecular formula is C16H21FO2. The van der Waals surface area contributed by atoms with Gasteiger partial charge in [-0.3, -0.25) is 0 Å². The fourth-order valence-corrected chi connectivity index (χ4v) is 3.30. The van der Waals surface area contributed by atoms with Crippen molar-refractivity contribution in [2.75, 3.05) is 0 Å². The summed E-state index contributed by atoms with van der Waals surface area (Å²) in [5, 5.41) is 10.3. The third-order valence-corrected chi connectivity index (χ3v) is 4.74. The van der Waals surface area contributed by atoms with Crippen molar-refractivity contribution in [2.45, 2.75) is 57.7 Å². The fourth-order valence-electron chi connectivity index (χ4n) is 3.30. The van der Waals surface area contributed by atoms with Crippen LogP contribution in [-0.4, -0.2) is 10.7 Å². The van der Waals surface area contributed by atoms with E-state index in [2.05, 4.69) is 13.8 Å². The molecule has 104 valence electrons. The first kappa shape index (κ1) is 12.9. The second-order valence-corrected chi connectivity index (χ2v) is 6.85. The Hall–Kier alpha value is -1.09. The number of benzene rings is 1. The second-order valence-electron chi connectivity index (χ2n) is 6.85. The van der Waals surface area contributed by atoms with Crippen LogP contribution in [-0.2, 0) is 0 Å². The molecule has 0 aromatic heterocycles. The van der Waals surface area contributed by atoms with Gasteiger partial charge in [0.1, 0.15) is 17.2 Å². The number of rotatable bonds is 0. The smallest absolute Gasteiger partial charge is 0.128 e. The molecule has 0 amide bonds. The van der Waals surface area contributed by atoms with Gasteiger partial charge in [-0.1, -0.05) is 13.8 Å². The zero-order valence-electron chi connectivity index (χ0n) is 11.6. The van der Waals surface area contributed by atoms with Gasteiger partial charge in [-0.05, 0) is 43.2 Å². The Morgan fingerprint density at radius 2 is 1.89 bits per heavy atom. The van der Waals surface area contributed by atoms with Gasteiger partial charge in [0.15, 0.2) is 0 Å². The van der Waals surface area contributed by atoms with Crippen molar-refractivity contribution >= 4 is 0 Å². The second kappa shape index (κ2) is 4.20. The molecule has 2 nitrogen and oxygen atoms in total. The van der Waals surface area contributed by atoms with E-state index in [-0.39, 0.29) is 11.4 Å². The van der Waals surface area contributed by atoms with E-state index in [9.17, 15) is 9.50 Å². The standard InChI is InChI=1S/C16H21FO2/c1-15(2)5-7-16(8-6-15)10-13(18)12-4-3-11(17)9-14(12)19-16/h3-4,9,13,18H,5-8,10H2,1-2H3/t13-/m1/s1. The van der Waals surface area contributed by atoms with Crippen molar-refractivity contribution in [1.29, 1.82) is 0 Å². The number of hydrogen-bond acceptors (Lipinski definition) is 2. The predicted molar refractivity (Wildman–Crippen MR) is 71.6 cm³/mol. The van der Waals surface area contributed by atoms with Crippen molar-refractivity contribution in [3.05, 3.63) is 29.6 Å². The van der Waals surface area contributed by atoms with Gasteiger partial charge in [0.2, 0.25) is 0 Å². The van der Waals surface area contributed by atoms with Gasteiger partial charge in [0.25, 0.3) is 0 Å². The summed E-state index contributed by atoms with van der Waals surface area (Å²) in [6, 6.07) is 4.42. The molecular weight excluding hydrogens is 243 g/mol. The average Bonchev–Trinajstić information content (AvgIpc) is 2.33. The Morgan fingerprint density at radius 1 is 1.21 bits per heavy atom. The Kier molecular flexibility index (Phi) is 2.86. The highest BCUT2D eigenvalue weighted by Crippen LogP contribution is 2.49. The van der Waals surface area contributed by atoms with E-state index in [4.69, 9.17) is 4.74 Å². The number of aliphatic hydroxyl groups is 1. The van der Waals surface area contributed by atoms with Crippen molar-refractivity contribution < 1.29 is 14.2 Å². The van der Waals surface area contributed by atoms with Crippen LogP contribution in [0.3, 0.4) is 0 Å². The molecule has 0 bridgehead atoms. The van der Waals surface area contributed by atoms with Crippen molar-refractivity contribution in [1.82, 2.24) is 0 Å². The highest BCUT2D eigenvalue weighted by atomic mass is 19.1. The molecule has 0 unspecified atom stereocenters. The molecule has 1 aromatic carbocycles. The van der Waals surface area contributed by atoms with Gasteiger partial charge in [-0.2, -0.15) is 0 Å². The van der Waals surface area contributed by atoms with E-state index >= 15 is 0 Å². The molecule has 1 aliphatic heterocycles. The normalized spacial score (nSPS) is 27.7. The molecule has 1 heterocycles. The lowest BCUT2D eigenvalue weighted by Crippen LogP contribution is -2.45. The predicted octanol–water partition coefficient (Wildman–Crippen LogP) is 3.98. The van der Waals surface area contributed by atoms with E-state index in [0.29, 0.717) is 17.6 Å². The number of aliphatic hydroxyl groups excluding tert-OH is 1. The Bertz CT molecular complexity index is 486. The van der Waals surface area contributed by atoms with Gasteiger partial charge >= 0.3 is 0 Å². The maximum atomic E-state index is 13.3. The van der Waals surface area contributed by atoms with E-state index in [1.54, 1.807) is 6.07 Å². The molecule has 1 aliphatic carbocycles. The summed E-state index contributed by atoms with van der Waals surface area (Å²) in [4.78, 5) is 0. The Morgan fingerprint density at radius 3 is 2.58 bits per heavy atom. The molecule has 0 radical (unpaired) electrons. The Labute approximate surface area is 113 Å². The minimum absolute atomic E-state index is 0.296. The van der Waals surface area contributed by atoms with Gasteiger partial charge in [-0.25, -0.2) is 4.39 Å².